The van der Waals surface area contributed by atoms with Crippen molar-refractivity contribution in [1.29, 1.82) is 0 Å². The van der Waals surface area contributed by atoms with Crippen LogP contribution in [0.3, 0.4) is 0 Å². The Morgan fingerprint density at radius 2 is 2.16 bits per heavy atom. The Morgan fingerprint density at radius 1 is 1.37 bits per heavy atom. The predicted molar refractivity (Wildman–Crippen MR) is 71.3 cm³/mol. The summed E-state index contributed by atoms with van der Waals surface area (Å²) in [7, 11) is 0. The van der Waals surface area contributed by atoms with Gasteiger partial charge in [-0.3, -0.25) is 4.98 Å². The number of hydrogen-bond donors (Lipinski definition) is 2. The van der Waals surface area contributed by atoms with Crippen molar-refractivity contribution < 1.29 is 9.50 Å². The van der Waals surface area contributed by atoms with E-state index >= 15 is 0 Å². The maximum Gasteiger partial charge on any atom is 0.141 e. The summed E-state index contributed by atoms with van der Waals surface area (Å²) in [5.74, 6) is -0.437. The van der Waals surface area contributed by atoms with Crippen LogP contribution in [-0.2, 0) is 12.0 Å². The number of pyridine rings is 1. The van der Waals surface area contributed by atoms with E-state index in [1.807, 2.05) is 24.3 Å². The molecule has 2 unspecified atom stereocenters. The number of aromatic nitrogens is 1. The van der Waals surface area contributed by atoms with Gasteiger partial charge in [-0.1, -0.05) is 18.2 Å². The molecule has 2 N–H and O–H groups in total. The van der Waals surface area contributed by atoms with Crippen molar-refractivity contribution >= 4 is 5.69 Å². The molecule has 98 valence electrons. The van der Waals surface area contributed by atoms with Gasteiger partial charge in [-0.05, 0) is 31.0 Å². The number of nitrogens with zero attached hydrogens (tertiary/aromatic N) is 1. The molecule has 0 saturated heterocycles. The maximum absolute atomic E-state index is 13.3. The monoisotopic (exact) mass is 258 g/mol. The lowest BCUT2D eigenvalue weighted by Gasteiger charge is -2.30. The average molecular weight is 258 g/mol. The van der Waals surface area contributed by atoms with Crippen LogP contribution in [0.1, 0.15) is 18.1 Å². The standard InChI is InChI=1S/C15H15FN2O/c1-15(19,11-7-12(16)9-17-8-11)14-6-10-4-2-3-5-13(10)18-14/h2-5,7-9,14,18-19H,6H2,1H3. The minimum absolute atomic E-state index is 0.187. The molecular weight excluding hydrogens is 243 g/mol. The summed E-state index contributed by atoms with van der Waals surface area (Å²) in [6.45, 7) is 1.69. The summed E-state index contributed by atoms with van der Waals surface area (Å²) in [6.07, 6.45) is 3.35. The Hall–Kier alpha value is -1.94. The largest absolute Gasteiger partial charge is 0.383 e. The molecule has 0 aliphatic carbocycles. The molecule has 0 radical (unpaired) electrons. The van der Waals surface area contributed by atoms with Gasteiger partial charge < -0.3 is 10.4 Å². The Kier molecular flexibility index (Phi) is 2.75. The first kappa shape index (κ1) is 12.1. The fraction of sp³-hybridized carbons (Fsp3) is 0.267. The smallest absolute Gasteiger partial charge is 0.141 e. The second-order valence-electron chi connectivity index (χ2n) is 5.10. The van der Waals surface area contributed by atoms with Gasteiger partial charge in [0, 0.05) is 17.4 Å². The van der Waals surface area contributed by atoms with E-state index in [4.69, 9.17) is 0 Å². The zero-order valence-electron chi connectivity index (χ0n) is 10.6. The van der Waals surface area contributed by atoms with Crippen LogP contribution in [-0.4, -0.2) is 16.1 Å². The molecule has 2 heterocycles. The van der Waals surface area contributed by atoms with Crippen molar-refractivity contribution in [3.63, 3.8) is 0 Å². The molecule has 19 heavy (non-hydrogen) atoms. The van der Waals surface area contributed by atoms with Crippen LogP contribution < -0.4 is 5.32 Å². The summed E-state index contributed by atoms with van der Waals surface area (Å²) in [5, 5.41) is 14.0. The summed E-state index contributed by atoms with van der Waals surface area (Å²) in [6, 6.07) is 9.08. The highest BCUT2D eigenvalue weighted by Crippen LogP contribution is 2.35. The van der Waals surface area contributed by atoms with E-state index in [1.54, 1.807) is 6.92 Å². The van der Waals surface area contributed by atoms with E-state index in [-0.39, 0.29) is 6.04 Å². The van der Waals surface area contributed by atoms with E-state index < -0.39 is 11.4 Å². The first-order valence-electron chi connectivity index (χ1n) is 6.25. The van der Waals surface area contributed by atoms with Gasteiger partial charge in [-0.25, -0.2) is 4.39 Å². The predicted octanol–water partition coefficient (Wildman–Crippen LogP) is 2.46. The van der Waals surface area contributed by atoms with Crippen LogP contribution in [0, 0.1) is 5.82 Å². The number of halogens is 1. The van der Waals surface area contributed by atoms with Gasteiger partial charge in [0.25, 0.3) is 0 Å². The number of hydrogen-bond acceptors (Lipinski definition) is 3. The Bertz CT molecular complexity index is 588. The molecule has 0 saturated carbocycles. The van der Waals surface area contributed by atoms with Gasteiger partial charge in [0.2, 0.25) is 0 Å². The van der Waals surface area contributed by atoms with E-state index in [0.29, 0.717) is 12.0 Å². The first-order chi connectivity index (χ1) is 9.07. The molecule has 2 aromatic rings. The number of rotatable bonds is 2. The topological polar surface area (TPSA) is 45.2 Å². The Morgan fingerprint density at radius 3 is 2.89 bits per heavy atom. The zero-order chi connectivity index (χ0) is 13.5. The molecule has 3 rings (SSSR count). The molecule has 0 amide bonds. The summed E-state index contributed by atoms with van der Waals surface area (Å²) >= 11 is 0. The fourth-order valence-electron chi connectivity index (χ4n) is 2.53. The zero-order valence-corrected chi connectivity index (χ0v) is 10.6. The molecule has 1 aromatic carbocycles. The minimum atomic E-state index is -1.17. The highest BCUT2D eigenvalue weighted by molar-refractivity contribution is 5.57. The molecule has 1 aromatic heterocycles. The van der Waals surface area contributed by atoms with Crippen molar-refractivity contribution in [3.05, 3.63) is 59.7 Å². The average Bonchev–Trinajstić information content (AvgIpc) is 2.83. The van der Waals surface area contributed by atoms with Crippen molar-refractivity contribution in [2.45, 2.75) is 25.0 Å². The lowest BCUT2D eigenvalue weighted by Crippen LogP contribution is -2.41. The third-order valence-electron chi connectivity index (χ3n) is 3.74. The van der Waals surface area contributed by atoms with Gasteiger partial charge in [0.1, 0.15) is 11.4 Å². The van der Waals surface area contributed by atoms with E-state index in [1.165, 1.54) is 12.3 Å². The number of benzene rings is 1. The fourth-order valence-corrected chi connectivity index (χ4v) is 2.53. The number of anilines is 1. The SMILES string of the molecule is CC(O)(c1cncc(F)c1)C1Cc2ccccc2N1. The minimum Gasteiger partial charge on any atom is -0.383 e. The second kappa shape index (κ2) is 4.31. The molecule has 1 aliphatic rings. The highest BCUT2D eigenvalue weighted by atomic mass is 19.1. The second-order valence-corrected chi connectivity index (χ2v) is 5.10. The number of aliphatic hydroxyl groups is 1. The van der Waals surface area contributed by atoms with Crippen LogP contribution in [0.2, 0.25) is 0 Å². The first-order valence-corrected chi connectivity index (χ1v) is 6.25. The summed E-state index contributed by atoms with van der Waals surface area (Å²) in [4.78, 5) is 3.81. The molecule has 2 atom stereocenters. The number of fused-ring (bicyclic) bond motifs is 1. The lowest BCUT2D eigenvalue weighted by molar-refractivity contribution is 0.0375. The van der Waals surface area contributed by atoms with Gasteiger partial charge in [0.15, 0.2) is 0 Å². The third-order valence-corrected chi connectivity index (χ3v) is 3.74. The van der Waals surface area contributed by atoms with Gasteiger partial charge in [-0.15, -0.1) is 0 Å². The molecule has 3 nitrogen and oxygen atoms in total. The Balaban J connectivity index is 1.91. The van der Waals surface area contributed by atoms with Crippen molar-refractivity contribution in [2.75, 3.05) is 5.32 Å². The molecular formula is C15H15FN2O. The van der Waals surface area contributed by atoms with Crippen LogP contribution in [0.15, 0.2) is 42.7 Å². The molecule has 0 fully saturated rings. The van der Waals surface area contributed by atoms with Crippen LogP contribution >= 0.6 is 0 Å². The number of nitrogens with one attached hydrogen (secondary N) is 1. The van der Waals surface area contributed by atoms with E-state index in [2.05, 4.69) is 10.3 Å². The quantitative estimate of drug-likeness (QED) is 0.869. The van der Waals surface area contributed by atoms with Crippen LogP contribution in [0.5, 0.6) is 0 Å². The van der Waals surface area contributed by atoms with Crippen molar-refractivity contribution in [3.8, 4) is 0 Å². The van der Waals surface area contributed by atoms with Gasteiger partial charge in [0.05, 0.1) is 12.2 Å². The normalized spacial score (nSPS) is 20.5. The van der Waals surface area contributed by atoms with Crippen molar-refractivity contribution in [2.24, 2.45) is 0 Å². The van der Waals surface area contributed by atoms with E-state index in [9.17, 15) is 9.50 Å². The number of para-hydroxylation sites is 1. The summed E-state index contributed by atoms with van der Waals surface area (Å²) < 4.78 is 13.3. The molecule has 1 aliphatic heterocycles. The van der Waals surface area contributed by atoms with Crippen molar-refractivity contribution in [1.82, 2.24) is 4.98 Å². The highest BCUT2D eigenvalue weighted by Gasteiger charge is 2.38. The van der Waals surface area contributed by atoms with Gasteiger partial charge in [-0.2, -0.15) is 0 Å². The third kappa shape index (κ3) is 2.08. The molecule has 0 spiro atoms. The summed E-state index contributed by atoms with van der Waals surface area (Å²) in [5.41, 5.74) is 1.50. The molecule has 0 bridgehead atoms. The lowest BCUT2D eigenvalue weighted by atomic mass is 9.87. The van der Waals surface area contributed by atoms with Gasteiger partial charge >= 0.3 is 0 Å². The van der Waals surface area contributed by atoms with Crippen LogP contribution in [0.4, 0.5) is 10.1 Å². The molecule has 4 heteroatoms. The van der Waals surface area contributed by atoms with Crippen LogP contribution in [0.25, 0.3) is 0 Å². The Labute approximate surface area is 111 Å². The van der Waals surface area contributed by atoms with E-state index in [0.717, 1.165) is 17.4 Å². The maximum atomic E-state index is 13.3.